The minimum atomic E-state index is -0.616. The lowest BCUT2D eigenvalue weighted by atomic mass is 9.85. The highest BCUT2D eigenvalue weighted by atomic mass is 16.5. The molecule has 1 aromatic heterocycles. The molecule has 1 saturated heterocycles. The van der Waals surface area contributed by atoms with Crippen LogP contribution in [0.4, 0.5) is 11.8 Å². The number of hydrogen-bond donors (Lipinski definition) is 3. The highest BCUT2D eigenvalue weighted by Gasteiger charge is 2.29. The van der Waals surface area contributed by atoms with Gasteiger partial charge in [0.1, 0.15) is 5.82 Å². The Bertz CT molecular complexity index is 483. The Kier molecular flexibility index (Phi) is 4.26. The zero-order chi connectivity index (χ0) is 14.7. The van der Waals surface area contributed by atoms with Gasteiger partial charge >= 0.3 is 0 Å². The molecule has 1 aromatic rings. The first-order valence-electron chi connectivity index (χ1n) is 7.83. The molecule has 6 nitrogen and oxygen atoms in total. The summed E-state index contributed by atoms with van der Waals surface area (Å²) in [6, 6.07) is 1.93. The van der Waals surface area contributed by atoms with Gasteiger partial charge in [0.05, 0.1) is 17.9 Å². The van der Waals surface area contributed by atoms with Crippen LogP contribution in [0.25, 0.3) is 0 Å². The third-order valence-electron chi connectivity index (χ3n) is 4.49. The zero-order valence-electron chi connectivity index (χ0n) is 12.3. The van der Waals surface area contributed by atoms with Crippen molar-refractivity contribution >= 4 is 11.8 Å². The van der Waals surface area contributed by atoms with Gasteiger partial charge in [0.15, 0.2) is 0 Å². The molecule has 0 amide bonds. The van der Waals surface area contributed by atoms with Crippen LogP contribution in [0.3, 0.4) is 0 Å². The van der Waals surface area contributed by atoms with E-state index in [1.54, 1.807) is 0 Å². The molecule has 4 N–H and O–H groups in total. The number of aliphatic hydroxyl groups is 1. The van der Waals surface area contributed by atoms with Crippen LogP contribution in [-0.4, -0.2) is 40.4 Å². The second-order valence-electron chi connectivity index (χ2n) is 6.24. The fourth-order valence-corrected chi connectivity index (χ4v) is 3.19. The maximum Gasteiger partial charge on any atom is 0.222 e. The average Bonchev–Trinajstić information content (AvgIpc) is 3.00. The van der Waals surface area contributed by atoms with Gasteiger partial charge in [-0.15, -0.1) is 0 Å². The minimum Gasteiger partial charge on any atom is -0.388 e. The first kappa shape index (κ1) is 14.5. The third kappa shape index (κ3) is 3.63. The summed E-state index contributed by atoms with van der Waals surface area (Å²) in [5, 5.41) is 13.8. The fraction of sp³-hybridized carbons (Fsp3) is 0.733. The second kappa shape index (κ2) is 6.15. The number of rotatable bonds is 4. The monoisotopic (exact) mass is 292 g/mol. The molecule has 0 bridgehead atoms. The van der Waals surface area contributed by atoms with E-state index in [2.05, 4.69) is 15.3 Å². The average molecular weight is 292 g/mol. The first-order valence-corrected chi connectivity index (χ1v) is 7.83. The molecule has 1 aliphatic heterocycles. The van der Waals surface area contributed by atoms with Gasteiger partial charge in [-0.1, -0.05) is 19.3 Å². The van der Waals surface area contributed by atoms with Crippen molar-refractivity contribution in [1.29, 1.82) is 0 Å². The molecule has 1 aliphatic carbocycles. The number of anilines is 2. The Morgan fingerprint density at radius 1 is 1.33 bits per heavy atom. The van der Waals surface area contributed by atoms with Crippen LogP contribution in [0.2, 0.25) is 0 Å². The van der Waals surface area contributed by atoms with Gasteiger partial charge in [-0.2, -0.15) is 4.98 Å². The molecule has 3 rings (SSSR count). The first-order chi connectivity index (χ1) is 10.1. The number of nitrogens with zero attached hydrogens (tertiary/aromatic N) is 2. The number of nitrogens with one attached hydrogen (secondary N) is 1. The number of hydrogen-bond acceptors (Lipinski definition) is 6. The molecule has 2 aliphatic rings. The number of nitrogens with two attached hydrogens (primary N) is 1. The van der Waals surface area contributed by atoms with Gasteiger partial charge < -0.3 is 20.9 Å². The Balaban J connectivity index is 1.67. The smallest absolute Gasteiger partial charge is 0.222 e. The predicted molar refractivity (Wildman–Crippen MR) is 81.1 cm³/mol. The Morgan fingerprint density at radius 3 is 2.86 bits per heavy atom. The molecule has 0 spiro atoms. The van der Waals surface area contributed by atoms with Crippen LogP contribution in [0.5, 0.6) is 0 Å². The van der Waals surface area contributed by atoms with E-state index in [0.717, 1.165) is 44.4 Å². The van der Waals surface area contributed by atoms with E-state index in [9.17, 15) is 5.11 Å². The van der Waals surface area contributed by atoms with Gasteiger partial charge in [-0.3, -0.25) is 0 Å². The quantitative estimate of drug-likeness (QED) is 0.781. The molecule has 0 radical (unpaired) electrons. The van der Waals surface area contributed by atoms with E-state index < -0.39 is 5.60 Å². The van der Waals surface area contributed by atoms with Crippen LogP contribution >= 0.6 is 0 Å². The van der Waals surface area contributed by atoms with Crippen molar-refractivity contribution in [3.05, 3.63) is 11.8 Å². The lowest BCUT2D eigenvalue weighted by Gasteiger charge is -2.32. The summed E-state index contributed by atoms with van der Waals surface area (Å²) in [4.78, 5) is 8.54. The van der Waals surface area contributed by atoms with Gasteiger partial charge in [-0.25, -0.2) is 4.98 Å². The summed E-state index contributed by atoms with van der Waals surface area (Å²) in [6.45, 7) is 1.99. The van der Waals surface area contributed by atoms with Crippen molar-refractivity contribution in [3.8, 4) is 0 Å². The van der Waals surface area contributed by atoms with Gasteiger partial charge in [0.25, 0.3) is 0 Å². The van der Waals surface area contributed by atoms with E-state index in [1.807, 2.05) is 6.07 Å². The van der Waals surface area contributed by atoms with E-state index in [1.165, 1.54) is 6.42 Å². The molecular formula is C15H24N4O2. The number of nitrogen functional groups attached to an aromatic ring is 1. The topological polar surface area (TPSA) is 93.3 Å². The van der Waals surface area contributed by atoms with Crippen molar-refractivity contribution in [1.82, 2.24) is 9.97 Å². The van der Waals surface area contributed by atoms with Crippen LogP contribution < -0.4 is 11.1 Å². The molecule has 2 heterocycles. The molecule has 6 heteroatoms. The van der Waals surface area contributed by atoms with Crippen molar-refractivity contribution in [2.75, 3.05) is 30.8 Å². The van der Waals surface area contributed by atoms with Crippen molar-refractivity contribution in [2.24, 2.45) is 0 Å². The van der Waals surface area contributed by atoms with Gasteiger partial charge in [0, 0.05) is 25.1 Å². The summed E-state index contributed by atoms with van der Waals surface area (Å²) in [5.74, 6) is 1.27. The molecule has 116 valence electrons. The summed E-state index contributed by atoms with van der Waals surface area (Å²) in [5.41, 5.74) is 6.12. The van der Waals surface area contributed by atoms with E-state index in [4.69, 9.17) is 10.5 Å². The van der Waals surface area contributed by atoms with Crippen molar-refractivity contribution < 1.29 is 9.84 Å². The fourth-order valence-electron chi connectivity index (χ4n) is 3.19. The van der Waals surface area contributed by atoms with Crippen LogP contribution in [-0.2, 0) is 4.74 Å². The maximum absolute atomic E-state index is 10.5. The molecule has 1 atom stereocenters. The SMILES string of the molecule is Nc1nc(NCC2(O)CCCCC2)cc(C2CCOC2)n1. The van der Waals surface area contributed by atoms with Crippen LogP contribution in [0.1, 0.15) is 50.1 Å². The Labute approximate surface area is 125 Å². The second-order valence-corrected chi connectivity index (χ2v) is 6.24. The Morgan fingerprint density at radius 2 is 2.14 bits per heavy atom. The standard InChI is InChI=1S/C15H24N4O2/c16-14-18-12(11-4-7-21-9-11)8-13(19-14)17-10-15(20)5-2-1-3-6-15/h8,11,20H,1-7,9-10H2,(H3,16,17,18,19). The summed E-state index contributed by atoms with van der Waals surface area (Å²) >= 11 is 0. The lowest BCUT2D eigenvalue weighted by Crippen LogP contribution is -2.39. The predicted octanol–water partition coefficient (Wildman–Crippen LogP) is 1.67. The molecule has 2 fully saturated rings. The zero-order valence-corrected chi connectivity index (χ0v) is 12.3. The molecule has 1 saturated carbocycles. The maximum atomic E-state index is 10.5. The largest absolute Gasteiger partial charge is 0.388 e. The Hall–Kier alpha value is -1.40. The van der Waals surface area contributed by atoms with E-state index in [-0.39, 0.29) is 5.95 Å². The number of ether oxygens (including phenoxy) is 1. The van der Waals surface area contributed by atoms with Crippen molar-refractivity contribution in [2.45, 2.75) is 50.0 Å². The van der Waals surface area contributed by atoms with Crippen molar-refractivity contribution in [3.63, 3.8) is 0 Å². The minimum absolute atomic E-state index is 0.275. The lowest BCUT2D eigenvalue weighted by molar-refractivity contribution is 0.0166. The third-order valence-corrected chi connectivity index (χ3v) is 4.49. The number of aromatic nitrogens is 2. The van der Waals surface area contributed by atoms with Crippen LogP contribution in [0.15, 0.2) is 6.07 Å². The highest BCUT2D eigenvalue weighted by Crippen LogP contribution is 2.29. The van der Waals surface area contributed by atoms with Gasteiger partial charge in [-0.05, 0) is 19.3 Å². The molecular weight excluding hydrogens is 268 g/mol. The molecule has 1 unspecified atom stereocenters. The highest BCUT2D eigenvalue weighted by molar-refractivity contribution is 5.42. The van der Waals surface area contributed by atoms with E-state index >= 15 is 0 Å². The van der Waals surface area contributed by atoms with E-state index in [0.29, 0.717) is 24.9 Å². The van der Waals surface area contributed by atoms with Gasteiger partial charge in [0.2, 0.25) is 5.95 Å². The molecule has 0 aromatic carbocycles. The summed E-state index contributed by atoms with van der Waals surface area (Å²) in [6.07, 6.45) is 6.08. The summed E-state index contributed by atoms with van der Waals surface area (Å²) < 4.78 is 5.40. The summed E-state index contributed by atoms with van der Waals surface area (Å²) in [7, 11) is 0. The van der Waals surface area contributed by atoms with Crippen LogP contribution in [0, 0.1) is 0 Å². The normalized spacial score (nSPS) is 24.9. The molecule has 21 heavy (non-hydrogen) atoms.